The second-order valence-corrected chi connectivity index (χ2v) is 7.11. The van der Waals surface area contributed by atoms with Crippen LogP contribution in [-0.2, 0) is 29.3 Å². The molecule has 1 aromatic carbocycles. The molecule has 29 heavy (non-hydrogen) atoms. The fraction of sp³-hybridized carbons (Fsp3) is 0.318. The largest absolute Gasteiger partial charge is 0.462 e. The van der Waals surface area contributed by atoms with Gasteiger partial charge in [0.25, 0.3) is 0 Å². The molecule has 1 aliphatic carbocycles. The van der Waals surface area contributed by atoms with Crippen LogP contribution >= 0.6 is 0 Å². The third-order valence-electron chi connectivity index (χ3n) is 5.55. The Kier molecular flexibility index (Phi) is 4.53. The first-order valence-corrected chi connectivity index (χ1v) is 9.62. The van der Waals surface area contributed by atoms with Crippen LogP contribution in [-0.4, -0.2) is 30.8 Å². The zero-order valence-electron chi connectivity index (χ0n) is 16.2. The molecule has 0 saturated carbocycles. The molecule has 1 atom stereocenters. The minimum Gasteiger partial charge on any atom is -0.462 e. The van der Waals surface area contributed by atoms with E-state index < -0.39 is 17.3 Å². The van der Waals surface area contributed by atoms with E-state index in [1.165, 1.54) is 4.90 Å². The molecule has 7 heteroatoms. The van der Waals surface area contributed by atoms with Gasteiger partial charge in [0.05, 0.1) is 12.2 Å². The van der Waals surface area contributed by atoms with Gasteiger partial charge in [-0.2, -0.15) is 0 Å². The summed E-state index contributed by atoms with van der Waals surface area (Å²) in [6, 6.07) is 7.11. The highest BCUT2D eigenvalue weighted by Gasteiger charge is 2.63. The molecule has 1 amide bonds. The van der Waals surface area contributed by atoms with Crippen molar-refractivity contribution in [3.63, 3.8) is 0 Å². The summed E-state index contributed by atoms with van der Waals surface area (Å²) in [5, 5.41) is 0. The van der Waals surface area contributed by atoms with Crippen molar-refractivity contribution in [1.29, 1.82) is 0 Å². The molecule has 0 saturated heterocycles. The number of amides is 1. The molecule has 1 spiro atoms. The number of benzene rings is 1. The number of para-hydroxylation sites is 1. The minimum absolute atomic E-state index is 0.0950. The summed E-state index contributed by atoms with van der Waals surface area (Å²) < 4.78 is 10.9. The van der Waals surface area contributed by atoms with Crippen LogP contribution < -0.4 is 10.6 Å². The molecule has 150 valence electrons. The van der Waals surface area contributed by atoms with Crippen LogP contribution in [0, 0.1) is 0 Å². The van der Waals surface area contributed by atoms with Gasteiger partial charge in [-0.1, -0.05) is 24.3 Å². The van der Waals surface area contributed by atoms with Gasteiger partial charge in [-0.15, -0.1) is 6.58 Å². The number of carbonyl (C=O) groups is 3. The summed E-state index contributed by atoms with van der Waals surface area (Å²) >= 11 is 0. The van der Waals surface area contributed by atoms with Gasteiger partial charge in [-0.25, -0.2) is 4.79 Å². The summed E-state index contributed by atoms with van der Waals surface area (Å²) in [5.41, 5.74) is 5.72. The number of hydrogen-bond donors (Lipinski definition) is 1. The number of allylic oxidation sites excluding steroid dienone is 1. The van der Waals surface area contributed by atoms with E-state index in [0.717, 1.165) is 0 Å². The van der Waals surface area contributed by atoms with E-state index in [4.69, 9.17) is 15.2 Å². The molecule has 2 N–H and O–H groups in total. The van der Waals surface area contributed by atoms with Crippen molar-refractivity contribution in [1.82, 2.24) is 0 Å². The second kappa shape index (κ2) is 6.92. The van der Waals surface area contributed by atoms with Crippen molar-refractivity contribution >= 4 is 23.3 Å². The number of nitrogens with zero attached hydrogens (tertiary/aromatic N) is 1. The Hall–Kier alpha value is -3.35. The van der Waals surface area contributed by atoms with Gasteiger partial charge < -0.3 is 20.1 Å². The van der Waals surface area contributed by atoms with Gasteiger partial charge in [-0.3, -0.25) is 9.59 Å². The number of hydrogen-bond acceptors (Lipinski definition) is 6. The van der Waals surface area contributed by atoms with Crippen molar-refractivity contribution in [3.05, 3.63) is 65.3 Å². The Labute approximate surface area is 168 Å². The number of esters is 1. The summed E-state index contributed by atoms with van der Waals surface area (Å²) in [5.74, 6) is -1.24. The average Bonchev–Trinajstić information content (AvgIpc) is 2.92. The van der Waals surface area contributed by atoms with E-state index in [9.17, 15) is 14.4 Å². The Morgan fingerprint density at radius 3 is 2.83 bits per heavy atom. The highest BCUT2D eigenvalue weighted by atomic mass is 16.5. The smallest absolute Gasteiger partial charge is 0.341 e. The third-order valence-corrected chi connectivity index (χ3v) is 5.55. The lowest BCUT2D eigenvalue weighted by Crippen LogP contribution is -2.51. The van der Waals surface area contributed by atoms with Crippen molar-refractivity contribution in [2.24, 2.45) is 5.73 Å². The highest BCUT2D eigenvalue weighted by Crippen LogP contribution is 2.56. The molecule has 2 aliphatic heterocycles. The number of Topliss-reactive ketones (excluding diaryl/α,β-unsaturated/α-hetero) is 1. The molecule has 0 bridgehead atoms. The Balaban J connectivity index is 2.09. The van der Waals surface area contributed by atoms with E-state index in [2.05, 4.69) is 6.58 Å². The topological polar surface area (TPSA) is 98.9 Å². The van der Waals surface area contributed by atoms with E-state index in [0.29, 0.717) is 29.9 Å². The Morgan fingerprint density at radius 2 is 2.10 bits per heavy atom. The zero-order chi connectivity index (χ0) is 20.8. The number of fused-ring (bicyclic) bond motifs is 3. The average molecular weight is 394 g/mol. The van der Waals surface area contributed by atoms with Crippen molar-refractivity contribution < 1.29 is 23.9 Å². The molecular formula is C22H22N2O5. The van der Waals surface area contributed by atoms with Crippen molar-refractivity contribution in [3.8, 4) is 0 Å². The Bertz CT molecular complexity index is 1010. The lowest BCUT2D eigenvalue weighted by Gasteiger charge is -2.38. The first kappa shape index (κ1) is 19.0. The third kappa shape index (κ3) is 2.46. The van der Waals surface area contributed by atoms with E-state index >= 15 is 0 Å². The van der Waals surface area contributed by atoms with Gasteiger partial charge in [0.1, 0.15) is 16.7 Å². The summed E-state index contributed by atoms with van der Waals surface area (Å²) in [6.07, 6.45) is 2.94. The van der Waals surface area contributed by atoms with E-state index in [-0.39, 0.29) is 42.4 Å². The van der Waals surface area contributed by atoms with Crippen molar-refractivity contribution in [2.45, 2.75) is 31.6 Å². The fourth-order valence-corrected chi connectivity index (χ4v) is 4.53. The van der Waals surface area contributed by atoms with Crippen LogP contribution in [0.15, 0.2) is 59.7 Å². The number of nitrogens with two attached hydrogens (primary N) is 1. The maximum absolute atomic E-state index is 13.9. The van der Waals surface area contributed by atoms with Gasteiger partial charge in [0, 0.05) is 30.6 Å². The molecule has 7 nitrogen and oxygen atoms in total. The lowest BCUT2D eigenvalue weighted by atomic mass is 9.64. The van der Waals surface area contributed by atoms with Crippen LogP contribution in [0.25, 0.3) is 0 Å². The van der Waals surface area contributed by atoms with E-state index in [1.54, 1.807) is 37.3 Å². The summed E-state index contributed by atoms with van der Waals surface area (Å²) in [4.78, 5) is 41.6. The monoisotopic (exact) mass is 394 g/mol. The normalized spacial score (nSPS) is 23.1. The van der Waals surface area contributed by atoms with Crippen LogP contribution in [0.2, 0.25) is 0 Å². The predicted molar refractivity (Wildman–Crippen MR) is 105 cm³/mol. The number of rotatable bonds is 4. The number of carbonyl (C=O) groups excluding carboxylic acids is 3. The standard InChI is InChI=1S/C22H22N2O5/c1-3-12-24-14-9-6-5-8-13(14)22(21(24)27)17-15(25)10-7-11-16(17)29-19(23)18(22)20(26)28-4-2/h3,5-6,8-9H,1,4,7,10-12,23H2,2H3. The fourth-order valence-electron chi connectivity index (χ4n) is 4.53. The Morgan fingerprint density at radius 1 is 1.34 bits per heavy atom. The first-order chi connectivity index (χ1) is 14.0. The molecule has 2 heterocycles. The highest BCUT2D eigenvalue weighted by molar-refractivity contribution is 6.23. The van der Waals surface area contributed by atoms with Crippen molar-refractivity contribution in [2.75, 3.05) is 18.1 Å². The quantitative estimate of drug-likeness (QED) is 0.621. The van der Waals surface area contributed by atoms with Gasteiger partial charge in [0.2, 0.25) is 11.8 Å². The molecule has 0 aromatic heterocycles. The van der Waals surface area contributed by atoms with Crippen LogP contribution in [0.1, 0.15) is 31.7 Å². The molecule has 1 unspecified atom stereocenters. The predicted octanol–water partition coefficient (Wildman–Crippen LogP) is 2.23. The molecular weight excluding hydrogens is 372 g/mol. The van der Waals surface area contributed by atoms with Gasteiger partial charge in [-0.05, 0) is 19.4 Å². The molecule has 0 radical (unpaired) electrons. The molecule has 4 rings (SSSR count). The van der Waals surface area contributed by atoms with Crippen LogP contribution in [0.3, 0.4) is 0 Å². The number of ketones is 1. The van der Waals surface area contributed by atoms with Gasteiger partial charge in [0.15, 0.2) is 5.78 Å². The summed E-state index contributed by atoms with van der Waals surface area (Å²) in [7, 11) is 0. The lowest BCUT2D eigenvalue weighted by molar-refractivity contribution is -0.141. The SMILES string of the molecule is C=CCN1C(=O)C2(C(C(=O)OCC)=C(N)OC3=C2C(=O)CCC3)c2ccccc21. The number of ether oxygens (including phenoxy) is 2. The van der Waals surface area contributed by atoms with Gasteiger partial charge >= 0.3 is 5.97 Å². The first-order valence-electron chi connectivity index (χ1n) is 9.62. The second-order valence-electron chi connectivity index (χ2n) is 7.11. The maximum Gasteiger partial charge on any atom is 0.341 e. The van der Waals surface area contributed by atoms with E-state index in [1.807, 2.05) is 0 Å². The van der Waals surface area contributed by atoms with Crippen LogP contribution in [0.4, 0.5) is 5.69 Å². The minimum atomic E-state index is -1.67. The van der Waals surface area contributed by atoms with Crippen LogP contribution in [0.5, 0.6) is 0 Å². The molecule has 3 aliphatic rings. The molecule has 0 fully saturated rings. The molecule has 1 aromatic rings. The number of anilines is 1. The maximum atomic E-state index is 13.9. The summed E-state index contributed by atoms with van der Waals surface area (Å²) in [6.45, 7) is 5.72. The zero-order valence-corrected chi connectivity index (χ0v) is 16.2.